The first-order valence-corrected chi connectivity index (χ1v) is 8.12. The number of fused-ring (bicyclic) bond motifs is 1. The van der Waals surface area contributed by atoms with E-state index in [0.29, 0.717) is 6.04 Å². The zero-order valence-electron chi connectivity index (χ0n) is 11.9. The molecule has 0 aliphatic carbocycles. The van der Waals surface area contributed by atoms with Crippen LogP contribution in [0, 0.1) is 6.92 Å². The highest BCUT2D eigenvalue weighted by molar-refractivity contribution is 7.15. The van der Waals surface area contributed by atoms with Crippen molar-refractivity contribution in [2.45, 2.75) is 32.4 Å². The second-order valence-electron chi connectivity index (χ2n) is 5.46. The lowest BCUT2D eigenvalue weighted by atomic mass is 10.1. The molecule has 0 saturated carbocycles. The van der Waals surface area contributed by atoms with Crippen molar-refractivity contribution in [3.63, 3.8) is 0 Å². The molecule has 0 bridgehead atoms. The van der Waals surface area contributed by atoms with Gasteiger partial charge in [-0.1, -0.05) is 0 Å². The Morgan fingerprint density at radius 1 is 1.38 bits per heavy atom. The summed E-state index contributed by atoms with van der Waals surface area (Å²) in [5.74, 6) is 0. The molecule has 0 aromatic carbocycles. The topological polar surface area (TPSA) is 46.3 Å². The molecule has 108 valence electrons. The number of aryl methyl sites for hydroxylation is 1. The van der Waals surface area contributed by atoms with Gasteiger partial charge in [0.1, 0.15) is 0 Å². The van der Waals surface area contributed by atoms with Crippen molar-refractivity contribution in [2.75, 3.05) is 6.54 Å². The molecule has 3 aromatic heterocycles. The summed E-state index contributed by atoms with van der Waals surface area (Å²) in [6.07, 6.45) is 9.90. The summed E-state index contributed by atoms with van der Waals surface area (Å²) in [6, 6.07) is 0.377. The number of rotatable bonds is 3. The highest BCUT2D eigenvalue weighted by Crippen LogP contribution is 2.32. The SMILES string of the molecule is Cc1nc2sccn2c1CN1CCC[C@H]1c1cnccn1. The molecule has 6 heteroatoms. The van der Waals surface area contributed by atoms with Crippen LogP contribution in [0.25, 0.3) is 4.96 Å². The Morgan fingerprint density at radius 3 is 3.19 bits per heavy atom. The lowest BCUT2D eigenvalue weighted by molar-refractivity contribution is 0.240. The average Bonchev–Trinajstić information content (AvgIpc) is 3.19. The highest BCUT2D eigenvalue weighted by atomic mass is 32.1. The van der Waals surface area contributed by atoms with Crippen molar-refractivity contribution in [3.8, 4) is 0 Å². The summed E-state index contributed by atoms with van der Waals surface area (Å²) in [5.41, 5.74) is 3.51. The van der Waals surface area contributed by atoms with Crippen molar-refractivity contribution in [1.82, 2.24) is 24.3 Å². The second-order valence-corrected chi connectivity index (χ2v) is 6.33. The largest absolute Gasteiger partial charge is 0.293 e. The fourth-order valence-corrected chi connectivity index (χ4v) is 3.94. The predicted molar refractivity (Wildman–Crippen MR) is 82.2 cm³/mol. The molecule has 1 atom stereocenters. The minimum atomic E-state index is 0.377. The molecule has 1 aliphatic heterocycles. The van der Waals surface area contributed by atoms with Crippen molar-refractivity contribution in [1.29, 1.82) is 0 Å². The fourth-order valence-electron chi connectivity index (χ4n) is 3.16. The van der Waals surface area contributed by atoms with Gasteiger partial charge in [0.25, 0.3) is 0 Å². The minimum absolute atomic E-state index is 0.377. The van der Waals surface area contributed by atoms with Gasteiger partial charge in [-0.05, 0) is 26.3 Å². The van der Waals surface area contributed by atoms with Gasteiger partial charge in [-0.3, -0.25) is 19.3 Å². The standard InChI is InChI=1S/C15H17N5S/c1-11-14(20-7-8-21-15(20)18-11)10-19-6-2-3-13(19)12-9-16-4-5-17-12/h4-5,7-9,13H,2-3,6,10H2,1H3/t13-/m0/s1. The quantitative estimate of drug-likeness (QED) is 0.746. The third-order valence-corrected chi connectivity index (χ3v) is 4.96. The minimum Gasteiger partial charge on any atom is -0.293 e. The van der Waals surface area contributed by atoms with E-state index in [1.165, 1.54) is 12.1 Å². The van der Waals surface area contributed by atoms with Gasteiger partial charge in [-0.15, -0.1) is 11.3 Å². The van der Waals surface area contributed by atoms with Gasteiger partial charge in [-0.25, -0.2) is 4.98 Å². The molecule has 21 heavy (non-hydrogen) atoms. The van der Waals surface area contributed by atoms with E-state index in [1.54, 1.807) is 23.7 Å². The van der Waals surface area contributed by atoms with Crippen LogP contribution < -0.4 is 0 Å². The van der Waals surface area contributed by atoms with Gasteiger partial charge in [-0.2, -0.15) is 0 Å². The Morgan fingerprint density at radius 2 is 2.33 bits per heavy atom. The molecule has 4 rings (SSSR count). The molecule has 1 fully saturated rings. The maximum absolute atomic E-state index is 4.64. The molecule has 0 spiro atoms. The molecule has 0 N–H and O–H groups in total. The van der Waals surface area contributed by atoms with Gasteiger partial charge < -0.3 is 0 Å². The lowest BCUT2D eigenvalue weighted by Crippen LogP contribution is -2.24. The van der Waals surface area contributed by atoms with Crippen LogP contribution in [-0.2, 0) is 6.54 Å². The van der Waals surface area contributed by atoms with Crippen LogP contribution in [0.2, 0.25) is 0 Å². The van der Waals surface area contributed by atoms with Gasteiger partial charge in [0, 0.05) is 36.7 Å². The Labute approximate surface area is 127 Å². The number of hydrogen-bond donors (Lipinski definition) is 0. The fraction of sp³-hybridized carbons (Fsp3) is 0.400. The molecule has 3 aromatic rings. The molecule has 1 aliphatic rings. The molecular formula is C15H17N5S. The number of likely N-dealkylation sites (tertiary alicyclic amines) is 1. The van der Waals surface area contributed by atoms with Crippen molar-refractivity contribution in [2.24, 2.45) is 0 Å². The summed E-state index contributed by atoms with van der Waals surface area (Å²) in [7, 11) is 0. The number of thiazole rings is 1. The van der Waals surface area contributed by atoms with Gasteiger partial charge in [0.15, 0.2) is 4.96 Å². The van der Waals surface area contributed by atoms with Crippen molar-refractivity contribution >= 4 is 16.3 Å². The second kappa shape index (κ2) is 5.20. The van der Waals surface area contributed by atoms with Crippen LogP contribution in [0.3, 0.4) is 0 Å². The maximum atomic E-state index is 4.64. The first-order valence-electron chi connectivity index (χ1n) is 7.24. The van der Waals surface area contributed by atoms with Crippen LogP contribution in [0.4, 0.5) is 0 Å². The van der Waals surface area contributed by atoms with Crippen LogP contribution in [0.1, 0.15) is 36.0 Å². The first kappa shape index (κ1) is 12.9. The normalized spacial score (nSPS) is 19.6. The Balaban J connectivity index is 1.64. The Bertz CT molecular complexity index is 748. The molecule has 0 unspecified atom stereocenters. The highest BCUT2D eigenvalue weighted by Gasteiger charge is 2.28. The van der Waals surface area contributed by atoms with E-state index in [4.69, 9.17) is 0 Å². The molecular weight excluding hydrogens is 282 g/mol. The number of hydrogen-bond acceptors (Lipinski definition) is 5. The van der Waals surface area contributed by atoms with Crippen LogP contribution in [-0.4, -0.2) is 30.8 Å². The van der Waals surface area contributed by atoms with E-state index in [-0.39, 0.29) is 0 Å². The summed E-state index contributed by atoms with van der Waals surface area (Å²) in [6.45, 7) is 4.13. The monoisotopic (exact) mass is 299 g/mol. The zero-order valence-corrected chi connectivity index (χ0v) is 12.8. The van der Waals surface area contributed by atoms with Crippen molar-refractivity contribution < 1.29 is 0 Å². The van der Waals surface area contributed by atoms with Crippen LogP contribution in [0.5, 0.6) is 0 Å². The van der Waals surface area contributed by atoms with Gasteiger partial charge in [0.05, 0.1) is 23.1 Å². The van der Waals surface area contributed by atoms with E-state index in [1.807, 2.05) is 6.20 Å². The molecule has 0 amide bonds. The number of aromatic nitrogens is 4. The smallest absolute Gasteiger partial charge is 0.194 e. The third-order valence-electron chi connectivity index (χ3n) is 4.20. The zero-order chi connectivity index (χ0) is 14.2. The Hall–Kier alpha value is -1.79. The van der Waals surface area contributed by atoms with E-state index in [9.17, 15) is 0 Å². The summed E-state index contributed by atoms with van der Waals surface area (Å²) in [4.78, 5) is 16.9. The maximum Gasteiger partial charge on any atom is 0.194 e. The third kappa shape index (κ3) is 2.24. The van der Waals surface area contributed by atoms with E-state index in [0.717, 1.165) is 35.9 Å². The summed E-state index contributed by atoms with van der Waals surface area (Å²) in [5, 5.41) is 2.09. The van der Waals surface area contributed by atoms with Gasteiger partial charge >= 0.3 is 0 Å². The number of nitrogens with zero attached hydrogens (tertiary/aromatic N) is 5. The van der Waals surface area contributed by atoms with Crippen molar-refractivity contribution in [3.05, 3.63) is 47.2 Å². The van der Waals surface area contributed by atoms with Crippen LogP contribution >= 0.6 is 11.3 Å². The molecule has 1 saturated heterocycles. The van der Waals surface area contributed by atoms with Gasteiger partial charge in [0.2, 0.25) is 0 Å². The summed E-state index contributed by atoms with van der Waals surface area (Å²) >= 11 is 1.69. The van der Waals surface area contributed by atoms with E-state index >= 15 is 0 Å². The molecule has 0 radical (unpaired) electrons. The van der Waals surface area contributed by atoms with E-state index < -0.39 is 0 Å². The summed E-state index contributed by atoms with van der Waals surface area (Å²) < 4.78 is 2.21. The molecule has 4 heterocycles. The lowest BCUT2D eigenvalue weighted by Gasteiger charge is -2.23. The Kier molecular flexibility index (Phi) is 3.20. The number of imidazole rings is 1. The van der Waals surface area contributed by atoms with E-state index in [2.05, 4.69) is 42.8 Å². The van der Waals surface area contributed by atoms with Crippen LogP contribution in [0.15, 0.2) is 30.2 Å². The molecule has 5 nitrogen and oxygen atoms in total. The predicted octanol–water partition coefficient (Wildman–Crippen LogP) is 2.83. The average molecular weight is 299 g/mol. The first-order chi connectivity index (χ1) is 10.3.